The number of carbonyl (C=O) groups excluding carboxylic acids is 1. The van der Waals surface area contributed by atoms with Crippen molar-refractivity contribution in [2.45, 2.75) is 64.9 Å². The summed E-state index contributed by atoms with van der Waals surface area (Å²) >= 11 is 0. The van der Waals surface area contributed by atoms with E-state index in [0.717, 1.165) is 30.8 Å². The third kappa shape index (κ3) is 2.48. The predicted molar refractivity (Wildman–Crippen MR) is 100 cm³/mol. The minimum Gasteiger partial charge on any atom is -0.496 e. The fraction of sp³-hybridized carbons (Fsp3) is 0.667. The number of benzene rings is 1. The van der Waals surface area contributed by atoms with Crippen LogP contribution >= 0.6 is 0 Å². The Hall–Kier alpha value is -1.59. The Labute approximate surface area is 156 Å². The second-order valence-corrected chi connectivity index (χ2v) is 8.42. The van der Waals surface area contributed by atoms with Crippen molar-refractivity contribution in [2.24, 2.45) is 5.92 Å². The van der Waals surface area contributed by atoms with Gasteiger partial charge in [-0.1, -0.05) is 19.9 Å². The molecule has 1 spiro atoms. The molecule has 5 nitrogen and oxygen atoms in total. The van der Waals surface area contributed by atoms with Crippen LogP contribution in [0.1, 0.15) is 43.4 Å². The number of nitrogens with zero attached hydrogens (tertiary/aromatic N) is 2. The Morgan fingerprint density at radius 1 is 1.31 bits per heavy atom. The smallest absolute Gasteiger partial charge is 0.226 e. The first-order valence-corrected chi connectivity index (χ1v) is 9.71. The molecule has 0 bridgehead atoms. The lowest BCUT2D eigenvalue weighted by molar-refractivity contribution is -0.139. The molecular weight excluding hydrogens is 328 g/mol. The molecule has 0 aromatic heterocycles. The van der Waals surface area contributed by atoms with Gasteiger partial charge in [0.1, 0.15) is 5.75 Å². The first kappa shape index (κ1) is 17.8. The van der Waals surface area contributed by atoms with Crippen molar-refractivity contribution in [1.29, 1.82) is 0 Å². The van der Waals surface area contributed by atoms with Crippen molar-refractivity contribution in [3.63, 3.8) is 0 Å². The molecule has 0 aliphatic carbocycles. The number of rotatable bonds is 4. The monoisotopic (exact) mass is 358 g/mol. The van der Waals surface area contributed by atoms with Crippen LogP contribution in [-0.2, 0) is 16.1 Å². The summed E-state index contributed by atoms with van der Waals surface area (Å²) in [4.78, 5) is 17.3. The summed E-state index contributed by atoms with van der Waals surface area (Å²) in [6.45, 7) is 11.1. The standard InChI is InChI=1S/C21H30N2O3/c1-13(2)17-12-26-21-6-7-22(19(21)10-20(24)23(17)21)11-16-8-15(4)18(25-5)9-14(16)3/h8-9,13,17,19H,6-7,10-12H2,1-5H3. The van der Waals surface area contributed by atoms with E-state index in [0.29, 0.717) is 18.9 Å². The van der Waals surface area contributed by atoms with Crippen molar-refractivity contribution < 1.29 is 14.3 Å². The van der Waals surface area contributed by atoms with Gasteiger partial charge in [0.15, 0.2) is 5.72 Å². The molecule has 0 radical (unpaired) electrons. The van der Waals surface area contributed by atoms with Gasteiger partial charge in [-0.15, -0.1) is 0 Å². The van der Waals surface area contributed by atoms with Crippen LogP contribution in [0.25, 0.3) is 0 Å². The molecule has 1 aromatic rings. The fourth-order valence-corrected chi connectivity index (χ4v) is 5.10. The SMILES string of the molecule is COc1cc(C)c(CN2CCC34OCC(C(C)C)N3C(=O)CC24)cc1C. The Morgan fingerprint density at radius 2 is 2.08 bits per heavy atom. The van der Waals surface area contributed by atoms with Gasteiger partial charge in [-0.25, -0.2) is 0 Å². The molecule has 1 aromatic carbocycles. The van der Waals surface area contributed by atoms with Crippen molar-refractivity contribution in [3.8, 4) is 5.75 Å². The van der Waals surface area contributed by atoms with E-state index in [9.17, 15) is 4.79 Å². The van der Waals surface area contributed by atoms with E-state index in [2.05, 4.69) is 49.6 Å². The molecule has 3 unspecified atom stereocenters. The van der Waals surface area contributed by atoms with Gasteiger partial charge >= 0.3 is 0 Å². The van der Waals surface area contributed by atoms with Gasteiger partial charge in [0, 0.05) is 25.9 Å². The second-order valence-electron chi connectivity index (χ2n) is 8.42. The molecule has 3 saturated heterocycles. The lowest BCUT2D eigenvalue weighted by Crippen LogP contribution is -2.50. The van der Waals surface area contributed by atoms with E-state index in [-0.39, 0.29) is 23.7 Å². The number of carbonyl (C=O) groups is 1. The van der Waals surface area contributed by atoms with Gasteiger partial charge in [-0.05, 0) is 42.5 Å². The highest BCUT2D eigenvalue weighted by Gasteiger charge is 2.64. The quantitative estimate of drug-likeness (QED) is 0.830. The van der Waals surface area contributed by atoms with Crippen LogP contribution in [0, 0.1) is 19.8 Å². The molecule has 142 valence electrons. The van der Waals surface area contributed by atoms with Crippen molar-refractivity contribution in [3.05, 3.63) is 28.8 Å². The molecule has 4 rings (SSSR count). The maximum Gasteiger partial charge on any atom is 0.226 e. The number of hydrogen-bond donors (Lipinski definition) is 0. The molecule has 5 heteroatoms. The Morgan fingerprint density at radius 3 is 2.77 bits per heavy atom. The van der Waals surface area contributed by atoms with E-state index in [1.54, 1.807) is 7.11 Å². The maximum atomic E-state index is 12.8. The number of aryl methyl sites for hydroxylation is 2. The van der Waals surface area contributed by atoms with Crippen molar-refractivity contribution in [1.82, 2.24) is 9.80 Å². The van der Waals surface area contributed by atoms with Crippen LogP contribution in [-0.4, -0.2) is 53.8 Å². The summed E-state index contributed by atoms with van der Waals surface area (Å²) in [5.74, 6) is 1.63. The molecule has 3 fully saturated rings. The highest BCUT2D eigenvalue weighted by molar-refractivity contribution is 5.82. The van der Waals surface area contributed by atoms with Crippen LogP contribution in [0.4, 0.5) is 0 Å². The van der Waals surface area contributed by atoms with E-state index in [1.807, 2.05) is 0 Å². The third-order valence-corrected chi connectivity index (χ3v) is 6.60. The lowest BCUT2D eigenvalue weighted by Gasteiger charge is -2.34. The molecule has 3 heterocycles. The van der Waals surface area contributed by atoms with Crippen LogP contribution in [0.5, 0.6) is 5.75 Å². The summed E-state index contributed by atoms with van der Waals surface area (Å²) in [5, 5.41) is 0. The fourth-order valence-electron chi connectivity index (χ4n) is 5.10. The summed E-state index contributed by atoms with van der Waals surface area (Å²) in [6, 6.07) is 4.72. The van der Waals surface area contributed by atoms with Gasteiger partial charge in [0.2, 0.25) is 5.91 Å². The zero-order valence-corrected chi connectivity index (χ0v) is 16.5. The first-order valence-electron chi connectivity index (χ1n) is 9.71. The molecule has 1 amide bonds. The average molecular weight is 358 g/mol. The lowest BCUT2D eigenvalue weighted by atomic mass is 10.0. The molecule has 3 atom stereocenters. The summed E-state index contributed by atoms with van der Waals surface area (Å²) < 4.78 is 11.8. The molecule has 0 N–H and O–H groups in total. The highest BCUT2D eigenvalue weighted by atomic mass is 16.5. The maximum absolute atomic E-state index is 12.8. The summed E-state index contributed by atoms with van der Waals surface area (Å²) in [7, 11) is 1.72. The van der Waals surface area contributed by atoms with E-state index in [4.69, 9.17) is 9.47 Å². The van der Waals surface area contributed by atoms with E-state index in [1.165, 1.54) is 11.1 Å². The van der Waals surface area contributed by atoms with Gasteiger partial charge in [-0.3, -0.25) is 9.69 Å². The normalized spacial score (nSPS) is 31.0. The molecule has 0 saturated carbocycles. The minimum absolute atomic E-state index is 0.167. The van der Waals surface area contributed by atoms with Crippen LogP contribution in [0.15, 0.2) is 12.1 Å². The molecule has 26 heavy (non-hydrogen) atoms. The summed E-state index contributed by atoms with van der Waals surface area (Å²) in [6.07, 6.45) is 1.50. The van der Waals surface area contributed by atoms with Gasteiger partial charge in [0.05, 0.1) is 25.8 Å². The molecule has 3 aliphatic rings. The van der Waals surface area contributed by atoms with Gasteiger partial charge in [-0.2, -0.15) is 0 Å². The van der Waals surface area contributed by atoms with Gasteiger partial charge < -0.3 is 14.4 Å². The number of amides is 1. The third-order valence-electron chi connectivity index (χ3n) is 6.60. The van der Waals surface area contributed by atoms with Crippen molar-refractivity contribution in [2.75, 3.05) is 20.3 Å². The second kappa shape index (κ2) is 6.24. The van der Waals surface area contributed by atoms with Crippen molar-refractivity contribution >= 4 is 5.91 Å². The van der Waals surface area contributed by atoms with E-state index < -0.39 is 0 Å². The molecular formula is C21H30N2O3. The van der Waals surface area contributed by atoms with Crippen LogP contribution in [0.2, 0.25) is 0 Å². The number of methoxy groups -OCH3 is 1. The average Bonchev–Trinajstić information content (AvgIpc) is 3.21. The predicted octanol–water partition coefficient (Wildman–Crippen LogP) is 2.87. The number of likely N-dealkylation sites (tertiary alicyclic amines) is 1. The highest BCUT2D eigenvalue weighted by Crippen LogP contribution is 2.49. The first-order chi connectivity index (χ1) is 12.4. The summed E-state index contributed by atoms with van der Waals surface area (Å²) in [5.41, 5.74) is 3.32. The number of hydrogen-bond acceptors (Lipinski definition) is 4. The zero-order valence-electron chi connectivity index (χ0n) is 16.5. The zero-order chi connectivity index (χ0) is 18.6. The van der Waals surface area contributed by atoms with Crippen LogP contribution in [0.3, 0.4) is 0 Å². The van der Waals surface area contributed by atoms with Gasteiger partial charge in [0.25, 0.3) is 0 Å². The van der Waals surface area contributed by atoms with E-state index >= 15 is 0 Å². The number of ether oxygens (including phenoxy) is 2. The largest absolute Gasteiger partial charge is 0.496 e. The topological polar surface area (TPSA) is 42.0 Å². The Bertz CT molecular complexity index is 732. The molecule has 3 aliphatic heterocycles. The van der Waals surface area contributed by atoms with Crippen LogP contribution < -0.4 is 4.74 Å². The Kier molecular flexibility index (Phi) is 4.27. The minimum atomic E-state index is -0.387. The Balaban J connectivity index is 1.59.